The first-order valence-corrected chi connectivity index (χ1v) is 6.17. The predicted octanol–water partition coefficient (Wildman–Crippen LogP) is -3.34. The van der Waals surface area contributed by atoms with Gasteiger partial charge in [0.15, 0.2) is 0 Å². The van der Waals surface area contributed by atoms with E-state index in [2.05, 4.69) is 53.9 Å². The molecule has 0 aromatic rings. The van der Waals surface area contributed by atoms with Crippen LogP contribution in [0.15, 0.2) is 0 Å². The van der Waals surface area contributed by atoms with Crippen molar-refractivity contribution in [3.8, 4) is 0 Å². The molecule has 0 aliphatic heterocycles. The van der Waals surface area contributed by atoms with E-state index in [0.29, 0.717) is 0 Å². The van der Waals surface area contributed by atoms with Crippen molar-refractivity contribution in [1.29, 1.82) is 0 Å². The van der Waals surface area contributed by atoms with E-state index in [4.69, 9.17) is 0 Å². The molecule has 0 aliphatic carbocycles. The summed E-state index contributed by atoms with van der Waals surface area (Å²) < 4.78 is 7.00. The topological polar surface area (TPSA) is 9.72 Å². The fraction of sp³-hybridized carbons (Fsp3) is 1.00. The summed E-state index contributed by atoms with van der Waals surface area (Å²) in [7, 11) is 12.9. The minimum atomic E-state index is -1.22. The molecule has 0 N–H and O–H groups in total. The largest absolute Gasteiger partial charge is 1.00 e. The molecule has 0 heterocycles. The molecule has 0 aliphatic rings. The van der Waals surface area contributed by atoms with Crippen LogP contribution < -0.4 is 12.4 Å². The van der Waals surface area contributed by atoms with Gasteiger partial charge in [0, 0.05) is 0 Å². The summed E-state index contributed by atoms with van der Waals surface area (Å²) >= 11 is -1.22. The van der Waals surface area contributed by atoms with Crippen molar-refractivity contribution in [3.05, 3.63) is 0 Å². The van der Waals surface area contributed by atoms with Crippen LogP contribution in [0.5, 0.6) is 0 Å². The van der Waals surface area contributed by atoms with Gasteiger partial charge in [-0.05, 0) is 0 Å². The van der Waals surface area contributed by atoms with E-state index in [9.17, 15) is 0 Å². The molecule has 0 aromatic carbocycles. The van der Waals surface area contributed by atoms with Gasteiger partial charge in [0.25, 0.3) is 0 Å². The maximum Gasteiger partial charge on any atom is -1.00 e. The molecular formula is C6H18ClGeN3. The van der Waals surface area contributed by atoms with E-state index < -0.39 is 15.0 Å². The van der Waals surface area contributed by atoms with Crippen molar-refractivity contribution in [3.63, 3.8) is 0 Å². The second kappa shape index (κ2) is 6.25. The second-order valence-corrected chi connectivity index (χ2v) is 9.87. The Morgan fingerprint density at radius 3 is 0.818 bits per heavy atom. The van der Waals surface area contributed by atoms with Crippen LogP contribution in [0, 0.1) is 0 Å². The molecule has 0 bridgehead atoms. The standard InChI is InChI=1S/C6H18GeN3.ClH/c1-8(2)7(9(3)4)10(5)6;/h1-6H3;1H/q+1;/p-1. The summed E-state index contributed by atoms with van der Waals surface area (Å²) in [5.74, 6) is 0. The minimum Gasteiger partial charge on any atom is -1.00 e. The summed E-state index contributed by atoms with van der Waals surface area (Å²) in [5.41, 5.74) is 0. The third kappa shape index (κ3) is 5.03. The normalized spacial score (nSPS) is 10.6. The molecule has 0 atom stereocenters. The van der Waals surface area contributed by atoms with Gasteiger partial charge < -0.3 is 12.4 Å². The van der Waals surface area contributed by atoms with E-state index in [1.54, 1.807) is 0 Å². The summed E-state index contributed by atoms with van der Waals surface area (Å²) in [6.07, 6.45) is 0. The summed E-state index contributed by atoms with van der Waals surface area (Å²) in [6, 6.07) is 0. The summed E-state index contributed by atoms with van der Waals surface area (Å²) in [5, 5.41) is 0. The molecule has 3 nitrogen and oxygen atoms in total. The van der Waals surface area contributed by atoms with Gasteiger partial charge in [-0.15, -0.1) is 0 Å². The number of rotatable bonds is 3. The number of hydrogen-bond acceptors (Lipinski definition) is 3. The smallest absolute Gasteiger partial charge is 1.00 e. The Morgan fingerprint density at radius 2 is 0.818 bits per heavy atom. The van der Waals surface area contributed by atoms with Gasteiger partial charge in [-0.3, -0.25) is 0 Å². The molecule has 5 heteroatoms. The zero-order chi connectivity index (χ0) is 8.31. The van der Waals surface area contributed by atoms with E-state index in [1.165, 1.54) is 0 Å². The van der Waals surface area contributed by atoms with Crippen LogP contribution in [0.1, 0.15) is 0 Å². The van der Waals surface area contributed by atoms with Gasteiger partial charge in [-0.2, -0.15) is 0 Å². The van der Waals surface area contributed by atoms with Crippen molar-refractivity contribution in [1.82, 2.24) is 11.6 Å². The molecule has 0 unspecified atom stereocenters. The average molecular weight is 240 g/mol. The van der Waals surface area contributed by atoms with Crippen LogP contribution in [-0.2, 0) is 0 Å². The number of hydrogen-bond donors (Lipinski definition) is 0. The Morgan fingerprint density at radius 1 is 0.636 bits per heavy atom. The van der Waals surface area contributed by atoms with Gasteiger partial charge in [0.05, 0.1) is 0 Å². The van der Waals surface area contributed by atoms with Gasteiger partial charge in [-0.25, -0.2) is 0 Å². The maximum absolute atomic E-state index is 2.33. The van der Waals surface area contributed by atoms with Crippen molar-refractivity contribution in [2.24, 2.45) is 0 Å². The molecule has 0 radical (unpaired) electrons. The second-order valence-electron chi connectivity index (χ2n) is 2.98. The fourth-order valence-corrected chi connectivity index (χ4v) is 6.24. The molecule has 0 fully saturated rings. The first-order chi connectivity index (χ1) is 4.46. The molecule has 0 rings (SSSR count). The Bertz CT molecular complexity index is 78.8. The Hall–Kier alpha value is 0.713. The number of halogens is 1. The average Bonchev–Trinajstić information content (AvgIpc) is 1.59. The van der Waals surface area contributed by atoms with Gasteiger partial charge >= 0.3 is 68.9 Å². The maximum atomic E-state index is 2.33. The van der Waals surface area contributed by atoms with Crippen LogP contribution in [0.25, 0.3) is 0 Å². The Kier molecular flexibility index (Phi) is 8.10. The van der Waals surface area contributed by atoms with E-state index in [-0.39, 0.29) is 12.4 Å². The molecule has 0 saturated carbocycles. The summed E-state index contributed by atoms with van der Waals surface area (Å²) in [4.78, 5) is 0. The minimum absolute atomic E-state index is 0. The molecular weight excluding hydrogens is 222 g/mol. The first-order valence-electron chi connectivity index (χ1n) is 3.35. The van der Waals surface area contributed by atoms with Crippen molar-refractivity contribution < 1.29 is 12.4 Å². The van der Waals surface area contributed by atoms with Crippen LogP contribution in [0.3, 0.4) is 0 Å². The third-order valence-electron chi connectivity index (χ3n) is 1.20. The van der Waals surface area contributed by atoms with Crippen molar-refractivity contribution in [2.75, 3.05) is 42.3 Å². The summed E-state index contributed by atoms with van der Waals surface area (Å²) in [6.45, 7) is 0. The van der Waals surface area contributed by atoms with Crippen molar-refractivity contribution in [2.45, 2.75) is 0 Å². The van der Waals surface area contributed by atoms with Gasteiger partial charge in [0.2, 0.25) is 0 Å². The molecule has 68 valence electrons. The van der Waals surface area contributed by atoms with Crippen LogP contribution in [-0.4, -0.2) is 68.9 Å². The first kappa shape index (κ1) is 14.2. The molecule has 0 saturated heterocycles. The van der Waals surface area contributed by atoms with Gasteiger partial charge in [0.1, 0.15) is 0 Å². The van der Waals surface area contributed by atoms with Crippen LogP contribution in [0.4, 0.5) is 0 Å². The quantitative estimate of drug-likeness (QED) is 0.478. The molecule has 0 amide bonds. The van der Waals surface area contributed by atoms with Crippen LogP contribution in [0.2, 0.25) is 0 Å². The Labute approximate surface area is 81.5 Å². The monoisotopic (exact) mass is 241 g/mol. The number of nitrogens with zero attached hydrogens (tertiary/aromatic N) is 3. The third-order valence-corrected chi connectivity index (χ3v) is 6.24. The van der Waals surface area contributed by atoms with Crippen molar-refractivity contribution >= 4 is 15.0 Å². The van der Waals surface area contributed by atoms with E-state index in [1.807, 2.05) is 0 Å². The fourth-order valence-electron chi connectivity index (χ4n) is 1.20. The Balaban J connectivity index is 0. The van der Waals surface area contributed by atoms with Gasteiger partial charge in [-0.1, -0.05) is 0 Å². The van der Waals surface area contributed by atoms with E-state index in [0.717, 1.165) is 0 Å². The SMILES string of the molecule is C[N](C)[Ge+]([N](C)C)[N](C)C.[Cl-]. The predicted molar refractivity (Wildman–Crippen MR) is 46.8 cm³/mol. The molecule has 11 heavy (non-hydrogen) atoms. The van der Waals surface area contributed by atoms with Crippen LogP contribution >= 0.6 is 0 Å². The zero-order valence-electron chi connectivity index (χ0n) is 8.22. The molecule has 0 spiro atoms. The zero-order valence-corrected chi connectivity index (χ0v) is 11.1. The van der Waals surface area contributed by atoms with E-state index >= 15 is 0 Å². The molecule has 0 aromatic heterocycles.